The molecule has 1 saturated heterocycles. The van der Waals surface area contributed by atoms with Crippen LogP contribution in [0.25, 0.3) is 0 Å². The first kappa shape index (κ1) is 22.5. The molecule has 3 nitrogen and oxygen atoms in total. The molecular formula is C26H26F2N2OS. The minimum Gasteiger partial charge on any atom is -0.325 e. The van der Waals surface area contributed by atoms with Gasteiger partial charge in [0.1, 0.15) is 11.6 Å². The number of halogens is 2. The summed E-state index contributed by atoms with van der Waals surface area (Å²) in [6, 6.07) is 20.4. The van der Waals surface area contributed by atoms with Crippen LogP contribution in [-0.2, 0) is 11.3 Å². The Labute approximate surface area is 191 Å². The fourth-order valence-corrected chi connectivity index (χ4v) is 5.00. The van der Waals surface area contributed by atoms with Crippen molar-refractivity contribution >= 4 is 23.4 Å². The number of rotatable bonds is 8. The number of carbonyl (C=O) groups excluding carboxylic acids is 1. The van der Waals surface area contributed by atoms with Gasteiger partial charge in [0.25, 0.3) is 0 Å². The Hall–Kier alpha value is -2.70. The number of hydrogen-bond donors (Lipinski definition) is 1. The van der Waals surface area contributed by atoms with Gasteiger partial charge < -0.3 is 5.32 Å². The van der Waals surface area contributed by atoms with Crippen LogP contribution >= 0.6 is 11.8 Å². The van der Waals surface area contributed by atoms with Gasteiger partial charge in [-0.2, -0.15) is 0 Å². The molecule has 6 heteroatoms. The van der Waals surface area contributed by atoms with E-state index in [-0.39, 0.29) is 28.5 Å². The largest absolute Gasteiger partial charge is 0.325 e. The standard InChI is InChI=1S/C26H26F2N2OS/c27-22-9-5-20(6-10-22)26(21-7-11-23(28)12-8-21)32-18-25(31)29-24-13-3-19(4-14-24)17-30-15-1-2-16-30/h3-14,26H,1-2,15-18H2,(H,29,31). The highest BCUT2D eigenvalue weighted by molar-refractivity contribution is 8.00. The molecule has 3 aromatic rings. The van der Waals surface area contributed by atoms with E-state index in [2.05, 4.69) is 22.3 Å². The molecule has 1 fully saturated rings. The summed E-state index contributed by atoms with van der Waals surface area (Å²) in [7, 11) is 0. The summed E-state index contributed by atoms with van der Waals surface area (Å²) in [4.78, 5) is 15.0. The zero-order valence-corrected chi connectivity index (χ0v) is 18.6. The second-order valence-electron chi connectivity index (χ2n) is 8.02. The molecule has 1 amide bonds. The van der Waals surface area contributed by atoms with Gasteiger partial charge in [-0.15, -0.1) is 11.8 Å². The molecule has 0 atom stereocenters. The highest BCUT2D eigenvalue weighted by atomic mass is 32.2. The molecular weight excluding hydrogens is 426 g/mol. The summed E-state index contributed by atoms with van der Waals surface area (Å²) >= 11 is 1.43. The normalized spacial score (nSPS) is 14.1. The van der Waals surface area contributed by atoms with Gasteiger partial charge in [-0.05, 0) is 79.0 Å². The van der Waals surface area contributed by atoms with Crippen molar-refractivity contribution in [2.75, 3.05) is 24.2 Å². The molecule has 166 valence electrons. The Morgan fingerprint density at radius 3 is 1.91 bits per heavy atom. The average Bonchev–Trinajstić information content (AvgIpc) is 3.31. The Kier molecular flexibility index (Phi) is 7.55. The summed E-state index contributed by atoms with van der Waals surface area (Å²) in [6.45, 7) is 3.25. The highest BCUT2D eigenvalue weighted by Crippen LogP contribution is 2.36. The Morgan fingerprint density at radius 1 is 0.844 bits per heavy atom. The lowest BCUT2D eigenvalue weighted by atomic mass is 10.0. The number of thioether (sulfide) groups is 1. The number of carbonyl (C=O) groups is 1. The molecule has 32 heavy (non-hydrogen) atoms. The Balaban J connectivity index is 1.37. The molecule has 0 aromatic heterocycles. The Morgan fingerprint density at radius 2 is 1.38 bits per heavy atom. The number of anilines is 1. The minimum atomic E-state index is -0.317. The number of nitrogens with zero attached hydrogens (tertiary/aromatic N) is 1. The van der Waals surface area contributed by atoms with Gasteiger partial charge in [-0.1, -0.05) is 36.4 Å². The van der Waals surface area contributed by atoms with Crippen molar-refractivity contribution < 1.29 is 13.6 Å². The summed E-state index contributed by atoms with van der Waals surface area (Å²) in [5.74, 6) is -0.531. The van der Waals surface area contributed by atoms with Crippen molar-refractivity contribution in [2.24, 2.45) is 0 Å². The van der Waals surface area contributed by atoms with Crippen LogP contribution in [0.15, 0.2) is 72.8 Å². The van der Waals surface area contributed by atoms with Crippen molar-refractivity contribution in [2.45, 2.75) is 24.6 Å². The van der Waals surface area contributed by atoms with Gasteiger partial charge in [0.15, 0.2) is 0 Å². The van der Waals surface area contributed by atoms with E-state index in [0.717, 1.165) is 36.4 Å². The summed E-state index contributed by atoms with van der Waals surface area (Å²) in [6.07, 6.45) is 2.53. The van der Waals surface area contributed by atoms with Crippen LogP contribution in [0.1, 0.15) is 34.8 Å². The minimum absolute atomic E-state index is 0.114. The fourth-order valence-electron chi connectivity index (χ4n) is 3.91. The van der Waals surface area contributed by atoms with E-state index in [1.54, 1.807) is 24.3 Å². The summed E-state index contributed by atoms with van der Waals surface area (Å²) in [5.41, 5.74) is 3.73. The van der Waals surface area contributed by atoms with Crippen LogP contribution in [-0.4, -0.2) is 29.6 Å². The van der Waals surface area contributed by atoms with Gasteiger partial charge in [0.2, 0.25) is 5.91 Å². The van der Waals surface area contributed by atoms with Crippen LogP contribution in [0, 0.1) is 11.6 Å². The van der Waals surface area contributed by atoms with E-state index in [1.165, 1.54) is 54.4 Å². The van der Waals surface area contributed by atoms with Crippen molar-refractivity contribution in [1.82, 2.24) is 4.90 Å². The fraction of sp³-hybridized carbons (Fsp3) is 0.269. The predicted molar refractivity (Wildman–Crippen MR) is 127 cm³/mol. The predicted octanol–water partition coefficient (Wildman–Crippen LogP) is 6.02. The van der Waals surface area contributed by atoms with Gasteiger partial charge in [-0.25, -0.2) is 8.78 Å². The molecule has 0 radical (unpaired) electrons. The highest BCUT2D eigenvalue weighted by Gasteiger charge is 2.17. The molecule has 0 bridgehead atoms. The molecule has 0 aliphatic carbocycles. The monoisotopic (exact) mass is 452 g/mol. The second kappa shape index (κ2) is 10.7. The van der Waals surface area contributed by atoms with Crippen LogP contribution < -0.4 is 5.32 Å². The third-order valence-corrected chi connectivity index (χ3v) is 6.88. The first-order chi connectivity index (χ1) is 15.6. The van der Waals surface area contributed by atoms with Crippen LogP contribution in [0.5, 0.6) is 0 Å². The summed E-state index contributed by atoms with van der Waals surface area (Å²) in [5, 5.41) is 2.74. The van der Waals surface area contributed by atoms with E-state index < -0.39 is 0 Å². The molecule has 1 aliphatic rings. The lowest BCUT2D eigenvalue weighted by Crippen LogP contribution is -2.18. The van der Waals surface area contributed by atoms with Crippen molar-refractivity contribution in [3.63, 3.8) is 0 Å². The molecule has 4 rings (SSSR count). The average molecular weight is 453 g/mol. The van der Waals surface area contributed by atoms with E-state index in [0.29, 0.717) is 0 Å². The number of nitrogens with one attached hydrogen (secondary N) is 1. The zero-order chi connectivity index (χ0) is 22.3. The lowest BCUT2D eigenvalue weighted by Gasteiger charge is -2.18. The molecule has 3 aromatic carbocycles. The zero-order valence-electron chi connectivity index (χ0n) is 17.8. The maximum absolute atomic E-state index is 13.4. The molecule has 0 spiro atoms. The number of likely N-dealkylation sites (tertiary alicyclic amines) is 1. The molecule has 0 saturated carbocycles. The molecule has 1 aliphatic heterocycles. The molecule has 1 heterocycles. The maximum atomic E-state index is 13.4. The number of amides is 1. The van der Waals surface area contributed by atoms with Crippen LogP contribution in [0.2, 0.25) is 0 Å². The lowest BCUT2D eigenvalue weighted by molar-refractivity contribution is -0.113. The third kappa shape index (κ3) is 6.17. The van der Waals surface area contributed by atoms with E-state index in [9.17, 15) is 13.6 Å². The van der Waals surface area contributed by atoms with E-state index >= 15 is 0 Å². The molecule has 0 unspecified atom stereocenters. The maximum Gasteiger partial charge on any atom is 0.234 e. The SMILES string of the molecule is O=C(CSC(c1ccc(F)cc1)c1ccc(F)cc1)Nc1ccc(CN2CCCC2)cc1. The van der Waals surface area contributed by atoms with Gasteiger partial charge in [-0.3, -0.25) is 9.69 Å². The van der Waals surface area contributed by atoms with Gasteiger partial charge in [0, 0.05) is 12.2 Å². The van der Waals surface area contributed by atoms with Gasteiger partial charge in [0.05, 0.1) is 11.0 Å². The first-order valence-corrected chi connectivity index (χ1v) is 11.9. The van der Waals surface area contributed by atoms with Crippen LogP contribution in [0.3, 0.4) is 0 Å². The first-order valence-electron chi connectivity index (χ1n) is 10.8. The summed E-state index contributed by atoms with van der Waals surface area (Å²) < 4.78 is 26.8. The topological polar surface area (TPSA) is 32.3 Å². The Bertz CT molecular complexity index is 972. The molecule has 1 N–H and O–H groups in total. The van der Waals surface area contributed by atoms with Crippen molar-refractivity contribution in [1.29, 1.82) is 0 Å². The number of benzene rings is 3. The quantitative estimate of drug-likeness (QED) is 0.453. The third-order valence-electron chi connectivity index (χ3n) is 5.57. The smallest absolute Gasteiger partial charge is 0.234 e. The van der Waals surface area contributed by atoms with Crippen molar-refractivity contribution in [3.05, 3.63) is 101 Å². The van der Waals surface area contributed by atoms with Gasteiger partial charge >= 0.3 is 0 Å². The van der Waals surface area contributed by atoms with Crippen molar-refractivity contribution in [3.8, 4) is 0 Å². The van der Waals surface area contributed by atoms with E-state index in [4.69, 9.17) is 0 Å². The second-order valence-corrected chi connectivity index (χ2v) is 9.12. The van der Waals surface area contributed by atoms with Crippen LogP contribution in [0.4, 0.5) is 14.5 Å². The number of hydrogen-bond acceptors (Lipinski definition) is 3. The van der Waals surface area contributed by atoms with E-state index in [1.807, 2.05) is 12.1 Å².